The molecule has 2 aromatic carbocycles. The van der Waals surface area contributed by atoms with E-state index < -0.39 is 0 Å². The molecule has 5 heteroatoms. The van der Waals surface area contributed by atoms with E-state index in [2.05, 4.69) is 45.0 Å². The molecule has 0 radical (unpaired) electrons. The molecule has 0 unspecified atom stereocenters. The molecule has 0 bridgehead atoms. The summed E-state index contributed by atoms with van der Waals surface area (Å²) >= 11 is 9.20. The molecule has 0 saturated heterocycles. The van der Waals surface area contributed by atoms with Crippen LogP contribution in [-0.4, -0.2) is 33.3 Å². The third-order valence-electron chi connectivity index (χ3n) is 3.81. The van der Waals surface area contributed by atoms with E-state index in [1.54, 1.807) is 35.7 Å². The molecule has 0 aliphatic heterocycles. The number of benzene rings is 2. The van der Waals surface area contributed by atoms with Gasteiger partial charge in [0.25, 0.3) is 0 Å². The number of halogens is 1. The Morgan fingerprint density at radius 1 is 0.923 bits per heavy atom. The van der Waals surface area contributed by atoms with Crippen molar-refractivity contribution in [1.82, 2.24) is 0 Å². The van der Waals surface area contributed by atoms with Crippen LogP contribution >= 0.6 is 35.1 Å². The van der Waals surface area contributed by atoms with Gasteiger partial charge in [-0.3, -0.25) is 0 Å². The standard InChI is InChI=1S/C21H23ClOS2Se/c1-21(2,3)15-8-12-17(13-9-15)26-19(20(24-4)25-5)18(23)14-6-10-16(22)11-7-14/h6-13H,1-5H3. The second kappa shape index (κ2) is 9.52. The summed E-state index contributed by atoms with van der Waals surface area (Å²) in [4.78, 5) is 13.1. The molecule has 0 N–H and O–H groups in total. The Morgan fingerprint density at radius 2 is 1.46 bits per heavy atom. The molecule has 0 fully saturated rings. The molecule has 0 heterocycles. The van der Waals surface area contributed by atoms with Crippen molar-refractivity contribution in [2.45, 2.75) is 26.2 Å². The summed E-state index contributed by atoms with van der Waals surface area (Å²) in [5, 5.41) is 0.644. The van der Waals surface area contributed by atoms with E-state index in [0.717, 1.165) is 8.71 Å². The first-order chi connectivity index (χ1) is 12.3. The first-order valence-electron chi connectivity index (χ1n) is 8.17. The van der Waals surface area contributed by atoms with E-state index in [1.165, 1.54) is 10.0 Å². The average molecular weight is 470 g/mol. The zero-order valence-corrected chi connectivity index (χ0v) is 19.7. The number of ketones is 1. The Morgan fingerprint density at radius 3 is 1.92 bits per heavy atom. The fourth-order valence-electron chi connectivity index (χ4n) is 2.32. The molecule has 26 heavy (non-hydrogen) atoms. The van der Waals surface area contributed by atoms with Crippen LogP contribution in [0.1, 0.15) is 36.7 Å². The molecule has 2 rings (SSSR count). The van der Waals surface area contributed by atoms with Crippen LogP contribution < -0.4 is 4.46 Å². The van der Waals surface area contributed by atoms with Crippen molar-refractivity contribution in [2.75, 3.05) is 12.5 Å². The number of Topliss-reactive ketones (excluding diaryl/α,β-unsaturated/α-hetero) is 1. The second-order valence-corrected chi connectivity index (χ2v) is 11.3. The molecule has 0 saturated carbocycles. The summed E-state index contributed by atoms with van der Waals surface area (Å²) in [6, 6.07) is 15.8. The third-order valence-corrected chi connectivity index (χ3v) is 9.11. The number of hydrogen-bond acceptors (Lipinski definition) is 3. The minimum absolute atomic E-state index is 0.0471. The molecule has 0 atom stereocenters. The van der Waals surface area contributed by atoms with E-state index in [0.29, 0.717) is 10.6 Å². The number of carbonyl (C=O) groups is 1. The van der Waals surface area contributed by atoms with Gasteiger partial charge in [-0.25, -0.2) is 0 Å². The van der Waals surface area contributed by atoms with Crippen LogP contribution in [0.4, 0.5) is 0 Å². The van der Waals surface area contributed by atoms with E-state index in [9.17, 15) is 4.79 Å². The maximum atomic E-state index is 13.1. The van der Waals surface area contributed by atoms with Crippen LogP contribution in [0.2, 0.25) is 5.02 Å². The van der Waals surface area contributed by atoms with Crippen molar-refractivity contribution in [3.05, 3.63) is 73.4 Å². The SMILES string of the molecule is CSC(SC)=C([Se]c1ccc(C(C)(C)C)cc1)C(=O)c1ccc(Cl)cc1. The average Bonchev–Trinajstić information content (AvgIpc) is 2.61. The number of hydrogen-bond donors (Lipinski definition) is 0. The fraction of sp³-hybridized carbons (Fsp3) is 0.286. The van der Waals surface area contributed by atoms with Crippen LogP contribution in [-0.2, 0) is 5.41 Å². The van der Waals surface area contributed by atoms with Gasteiger partial charge in [-0.1, -0.05) is 0 Å². The zero-order valence-electron chi connectivity index (χ0n) is 15.6. The van der Waals surface area contributed by atoms with Crippen molar-refractivity contribution in [2.24, 2.45) is 0 Å². The number of carbonyl (C=O) groups excluding carboxylic acids is 1. The maximum absolute atomic E-state index is 13.1. The summed E-state index contributed by atoms with van der Waals surface area (Å²) in [7, 11) is 0. The van der Waals surface area contributed by atoms with E-state index in [4.69, 9.17) is 11.6 Å². The van der Waals surface area contributed by atoms with Gasteiger partial charge in [-0.15, -0.1) is 0 Å². The molecule has 2 aromatic rings. The van der Waals surface area contributed by atoms with E-state index >= 15 is 0 Å². The molecule has 1 nitrogen and oxygen atoms in total. The fourth-order valence-corrected chi connectivity index (χ4v) is 6.84. The molecule has 138 valence electrons. The van der Waals surface area contributed by atoms with Gasteiger partial charge in [-0.05, 0) is 0 Å². The van der Waals surface area contributed by atoms with Gasteiger partial charge in [0.05, 0.1) is 0 Å². The van der Waals surface area contributed by atoms with E-state index in [-0.39, 0.29) is 26.2 Å². The van der Waals surface area contributed by atoms with Gasteiger partial charge in [0.15, 0.2) is 0 Å². The molecule has 0 aliphatic carbocycles. The number of rotatable bonds is 6. The Labute approximate surface area is 176 Å². The van der Waals surface area contributed by atoms with Gasteiger partial charge in [-0.2, -0.15) is 0 Å². The molecule has 0 aromatic heterocycles. The Hall–Kier alpha value is -0.641. The van der Waals surface area contributed by atoms with Crippen LogP contribution in [0.25, 0.3) is 0 Å². The number of thioether (sulfide) groups is 2. The van der Waals surface area contributed by atoms with Gasteiger partial charge in [0, 0.05) is 0 Å². The second-order valence-electron chi connectivity index (χ2n) is 6.74. The van der Waals surface area contributed by atoms with Gasteiger partial charge in [0.1, 0.15) is 0 Å². The summed E-state index contributed by atoms with van der Waals surface area (Å²) in [6.07, 6.45) is 4.06. The van der Waals surface area contributed by atoms with Crippen molar-refractivity contribution in [3.63, 3.8) is 0 Å². The van der Waals surface area contributed by atoms with Crippen LogP contribution in [0.5, 0.6) is 0 Å². The Bertz CT molecular complexity index is 784. The normalized spacial score (nSPS) is 11.3. The molecule has 0 aliphatic rings. The van der Waals surface area contributed by atoms with Crippen LogP contribution in [0, 0.1) is 0 Å². The predicted molar refractivity (Wildman–Crippen MR) is 120 cm³/mol. The van der Waals surface area contributed by atoms with Crippen LogP contribution in [0.3, 0.4) is 0 Å². The minimum atomic E-state index is -0.0471. The summed E-state index contributed by atoms with van der Waals surface area (Å²) in [5.74, 6) is 0.0975. The molecule has 0 spiro atoms. The van der Waals surface area contributed by atoms with Gasteiger partial charge in [0.2, 0.25) is 0 Å². The topological polar surface area (TPSA) is 17.1 Å². The molecular weight excluding hydrogens is 447 g/mol. The van der Waals surface area contributed by atoms with Gasteiger partial charge < -0.3 is 0 Å². The summed E-state index contributed by atoms with van der Waals surface area (Å²) in [5.41, 5.74) is 2.13. The van der Waals surface area contributed by atoms with Crippen molar-refractivity contribution < 1.29 is 4.79 Å². The number of allylic oxidation sites excluding steroid dienone is 1. The Balaban J connectivity index is 2.36. The first kappa shape index (κ1) is 21.7. The van der Waals surface area contributed by atoms with Gasteiger partial charge >= 0.3 is 177 Å². The summed E-state index contributed by atoms with van der Waals surface area (Å²) in [6.45, 7) is 6.63. The monoisotopic (exact) mass is 470 g/mol. The zero-order chi connectivity index (χ0) is 19.3. The van der Waals surface area contributed by atoms with E-state index in [1.807, 2.05) is 24.6 Å². The predicted octanol–water partition coefficient (Wildman–Crippen LogP) is 5.75. The van der Waals surface area contributed by atoms with Crippen molar-refractivity contribution >= 4 is 60.3 Å². The molecular formula is C21H23ClOS2Se. The molecule has 0 amide bonds. The quantitative estimate of drug-likeness (QED) is 0.305. The third kappa shape index (κ3) is 5.68. The van der Waals surface area contributed by atoms with Crippen molar-refractivity contribution in [1.29, 1.82) is 0 Å². The first-order valence-corrected chi connectivity index (χ1v) is 12.7. The van der Waals surface area contributed by atoms with Crippen molar-refractivity contribution in [3.8, 4) is 0 Å². The summed E-state index contributed by atoms with van der Waals surface area (Å²) < 4.78 is 3.21. The van der Waals surface area contributed by atoms with Crippen LogP contribution in [0.15, 0.2) is 57.2 Å². The Kier molecular flexibility index (Phi) is 7.93.